The van der Waals surface area contributed by atoms with Crippen molar-refractivity contribution < 1.29 is 24.2 Å². The number of carboxylic acid groups (broad SMARTS) is 1. The normalized spacial score (nSPS) is 17.2. The van der Waals surface area contributed by atoms with Crippen molar-refractivity contribution in [1.82, 2.24) is 10.2 Å². The standard InChI is InChI=1S/C17H23N3O5/c1-11(2)18-17(24)19-13-5-3-12(4-6-13)16(23)20-7-8-25-10-14(20)9-15(21)22/h3-6,11,14H,7-10H2,1-2H3,(H,21,22)(H2,18,19,24). The summed E-state index contributed by atoms with van der Waals surface area (Å²) in [6.45, 7) is 4.67. The van der Waals surface area contributed by atoms with Crippen molar-refractivity contribution in [3.05, 3.63) is 29.8 Å². The number of anilines is 1. The number of morpholine rings is 1. The molecule has 136 valence electrons. The van der Waals surface area contributed by atoms with Crippen LogP contribution in [0.4, 0.5) is 10.5 Å². The molecule has 0 bridgehead atoms. The molecule has 3 amide bonds. The third-order valence-corrected chi connectivity index (χ3v) is 3.71. The van der Waals surface area contributed by atoms with Crippen LogP contribution < -0.4 is 10.6 Å². The highest BCUT2D eigenvalue weighted by Gasteiger charge is 2.29. The first-order valence-corrected chi connectivity index (χ1v) is 8.15. The quantitative estimate of drug-likeness (QED) is 0.747. The van der Waals surface area contributed by atoms with Gasteiger partial charge in [0.2, 0.25) is 0 Å². The number of aliphatic carboxylic acids is 1. The van der Waals surface area contributed by atoms with Crippen LogP contribution >= 0.6 is 0 Å². The number of benzene rings is 1. The van der Waals surface area contributed by atoms with Gasteiger partial charge in [0.05, 0.1) is 25.7 Å². The van der Waals surface area contributed by atoms with Crippen LogP contribution in [0.3, 0.4) is 0 Å². The van der Waals surface area contributed by atoms with Gasteiger partial charge < -0.3 is 25.4 Å². The first-order chi connectivity index (χ1) is 11.9. The highest BCUT2D eigenvalue weighted by atomic mass is 16.5. The summed E-state index contributed by atoms with van der Waals surface area (Å²) in [5, 5.41) is 14.4. The summed E-state index contributed by atoms with van der Waals surface area (Å²) in [6, 6.07) is 5.73. The lowest BCUT2D eigenvalue weighted by Crippen LogP contribution is -2.49. The van der Waals surface area contributed by atoms with Crippen molar-refractivity contribution >= 4 is 23.6 Å². The van der Waals surface area contributed by atoms with Crippen molar-refractivity contribution in [2.24, 2.45) is 0 Å². The van der Waals surface area contributed by atoms with Crippen LogP contribution in [0.15, 0.2) is 24.3 Å². The Morgan fingerprint density at radius 1 is 1.28 bits per heavy atom. The predicted octanol–water partition coefficient (Wildman–Crippen LogP) is 1.53. The van der Waals surface area contributed by atoms with E-state index in [4.69, 9.17) is 9.84 Å². The number of rotatable bonds is 5. The third-order valence-electron chi connectivity index (χ3n) is 3.71. The highest BCUT2D eigenvalue weighted by Crippen LogP contribution is 2.17. The fraction of sp³-hybridized carbons (Fsp3) is 0.471. The topological polar surface area (TPSA) is 108 Å². The van der Waals surface area contributed by atoms with E-state index in [1.165, 1.54) is 4.90 Å². The molecule has 1 heterocycles. The second kappa shape index (κ2) is 8.48. The van der Waals surface area contributed by atoms with Gasteiger partial charge in [0.15, 0.2) is 0 Å². The monoisotopic (exact) mass is 349 g/mol. The molecule has 1 aliphatic rings. The number of carbonyl (C=O) groups is 3. The SMILES string of the molecule is CC(C)NC(=O)Nc1ccc(C(=O)N2CCOCC2CC(=O)O)cc1. The van der Waals surface area contributed by atoms with E-state index in [2.05, 4.69) is 10.6 Å². The summed E-state index contributed by atoms with van der Waals surface area (Å²) in [7, 11) is 0. The van der Waals surface area contributed by atoms with Gasteiger partial charge in [-0.2, -0.15) is 0 Å². The Morgan fingerprint density at radius 2 is 1.96 bits per heavy atom. The lowest BCUT2D eigenvalue weighted by atomic mass is 10.1. The van der Waals surface area contributed by atoms with E-state index in [1.807, 2.05) is 13.8 Å². The minimum Gasteiger partial charge on any atom is -0.481 e. The third kappa shape index (κ3) is 5.46. The molecule has 0 saturated carbocycles. The van der Waals surface area contributed by atoms with E-state index in [0.29, 0.717) is 24.4 Å². The molecule has 1 aliphatic heterocycles. The van der Waals surface area contributed by atoms with E-state index in [1.54, 1.807) is 24.3 Å². The van der Waals surface area contributed by atoms with Gasteiger partial charge in [0.25, 0.3) is 5.91 Å². The van der Waals surface area contributed by atoms with Crippen LogP contribution in [0.1, 0.15) is 30.6 Å². The molecule has 2 rings (SSSR count). The van der Waals surface area contributed by atoms with Crippen LogP contribution in [-0.2, 0) is 9.53 Å². The number of hydrogen-bond acceptors (Lipinski definition) is 4. The molecular weight excluding hydrogens is 326 g/mol. The van der Waals surface area contributed by atoms with Crippen molar-refractivity contribution in [1.29, 1.82) is 0 Å². The van der Waals surface area contributed by atoms with Gasteiger partial charge in [-0.15, -0.1) is 0 Å². The Morgan fingerprint density at radius 3 is 2.56 bits per heavy atom. The smallest absolute Gasteiger partial charge is 0.319 e. The zero-order valence-corrected chi connectivity index (χ0v) is 14.3. The number of nitrogens with one attached hydrogen (secondary N) is 2. The zero-order valence-electron chi connectivity index (χ0n) is 14.3. The van der Waals surface area contributed by atoms with Crippen molar-refractivity contribution in [2.45, 2.75) is 32.4 Å². The number of amides is 3. The predicted molar refractivity (Wildman–Crippen MR) is 91.6 cm³/mol. The van der Waals surface area contributed by atoms with Crippen LogP contribution in [0.25, 0.3) is 0 Å². The van der Waals surface area contributed by atoms with E-state index in [0.717, 1.165) is 0 Å². The molecule has 1 saturated heterocycles. The van der Waals surface area contributed by atoms with Gasteiger partial charge in [0.1, 0.15) is 0 Å². The average Bonchev–Trinajstić information content (AvgIpc) is 2.54. The Hall–Kier alpha value is -2.61. The molecule has 1 atom stereocenters. The maximum absolute atomic E-state index is 12.6. The summed E-state index contributed by atoms with van der Waals surface area (Å²) >= 11 is 0. The second-order valence-corrected chi connectivity index (χ2v) is 6.16. The molecular formula is C17H23N3O5. The number of urea groups is 1. The van der Waals surface area contributed by atoms with Gasteiger partial charge >= 0.3 is 12.0 Å². The summed E-state index contributed by atoms with van der Waals surface area (Å²) in [6.07, 6.45) is -0.152. The van der Waals surface area contributed by atoms with E-state index >= 15 is 0 Å². The molecule has 3 N–H and O–H groups in total. The van der Waals surface area contributed by atoms with Crippen LogP contribution in [0.2, 0.25) is 0 Å². The number of nitrogens with zero attached hydrogens (tertiary/aromatic N) is 1. The summed E-state index contributed by atoms with van der Waals surface area (Å²) in [4.78, 5) is 36.8. The molecule has 0 aliphatic carbocycles. The van der Waals surface area contributed by atoms with E-state index in [9.17, 15) is 14.4 Å². The highest BCUT2D eigenvalue weighted by molar-refractivity contribution is 5.96. The minimum atomic E-state index is -0.969. The van der Waals surface area contributed by atoms with Crippen LogP contribution in [0, 0.1) is 0 Å². The second-order valence-electron chi connectivity index (χ2n) is 6.16. The van der Waals surface area contributed by atoms with Crippen molar-refractivity contribution in [3.8, 4) is 0 Å². The van der Waals surface area contributed by atoms with Gasteiger partial charge in [-0.25, -0.2) is 4.79 Å². The largest absolute Gasteiger partial charge is 0.481 e. The lowest BCUT2D eigenvalue weighted by molar-refractivity contribution is -0.139. The molecule has 0 aromatic heterocycles. The molecule has 1 unspecified atom stereocenters. The van der Waals surface area contributed by atoms with Crippen LogP contribution in [0.5, 0.6) is 0 Å². The number of ether oxygens (including phenoxy) is 1. The number of hydrogen-bond donors (Lipinski definition) is 3. The first-order valence-electron chi connectivity index (χ1n) is 8.15. The fourth-order valence-corrected chi connectivity index (χ4v) is 2.58. The van der Waals surface area contributed by atoms with E-state index in [-0.39, 0.29) is 31.0 Å². The molecule has 25 heavy (non-hydrogen) atoms. The van der Waals surface area contributed by atoms with Gasteiger partial charge in [-0.05, 0) is 38.1 Å². The fourth-order valence-electron chi connectivity index (χ4n) is 2.58. The van der Waals surface area contributed by atoms with Gasteiger partial charge in [-0.3, -0.25) is 9.59 Å². The maximum Gasteiger partial charge on any atom is 0.319 e. The van der Waals surface area contributed by atoms with Crippen LogP contribution in [-0.4, -0.2) is 59.8 Å². The molecule has 0 radical (unpaired) electrons. The Kier molecular flexibility index (Phi) is 6.35. The molecule has 1 fully saturated rings. The van der Waals surface area contributed by atoms with Gasteiger partial charge in [0, 0.05) is 23.8 Å². The molecule has 8 nitrogen and oxygen atoms in total. The first kappa shape index (κ1) is 18.7. The Bertz CT molecular complexity index is 630. The molecule has 1 aromatic rings. The average molecular weight is 349 g/mol. The number of carbonyl (C=O) groups excluding carboxylic acids is 2. The lowest BCUT2D eigenvalue weighted by Gasteiger charge is -2.34. The Balaban J connectivity index is 2.03. The van der Waals surface area contributed by atoms with Crippen molar-refractivity contribution in [3.63, 3.8) is 0 Å². The van der Waals surface area contributed by atoms with Crippen molar-refractivity contribution in [2.75, 3.05) is 25.1 Å². The molecule has 8 heteroatoms. The van der Waals surface area contributed by atoms with E-state index < -0.39 is 12.0 Å². The Labute approximate surface area is 146 Å². The summed E-state index contributed by atoms with van der Waals surface area (Å²) in [5.41, 5.74) is 1.01. The molecule has 1 aromatic carbocycles. The minimum absolute atomic E-state index is 0.0216. The summed E-state index contributed by atoms with van der Waals surface area (Å²) < 4.78 is 5.28. The zero-order chi connectivity index (χ0) is 18.4. The maximum atomic E-state index is 12.6. The molecule has 0 spiro atoms. The van der Waals surface area contributed by atoms with Gasteiger partial charge in [-0.1, -0.05) is 0 Å². The number of carboxylic acids is 1. The summed E-state index contributed by atoms with van der Waals surface area (Å²) in [5.74, 6) is -1.21.